The highest BCUT2D eigenvalue weighted by Gasteiger charge is 2.32. The standard InChI is InChI=1S/C25H34ClN3O6S/c1-17(24(31)27-25(2,3)4)28(15-18-8-11-20(34-5)12-9-18)23(30)16-29(36(7,32)33)21-14-19(26)10-13-22(21)35-6/h8-14,17H,15-16H2,1-7H3,(H,27,31). The molecule has 0 aliphatic carbocycles. The van der Waals surface area contributed by atoms with Gasteiger partial charge < -0.3 is 19.7 Å². The van der Waals surface area contributed by atoms with Crippen LogP contribution in [0, 0.1) is 0 Å². The normalized spacial score (nSPS) is 12.4. The zero-order valence-corrected chi connectivity index (χ0v) is 23.2. The van der Waals surface area contributed by atoms with Crippen molar-refractivity contribution >= 4 is 39.1 Å². The average Bonchev–Trinajstić information content (AvgIpc) is 2.78. The summed E-state index contributed by atoms with van der Waals surface area (Å²) in [6, 6.07) is 10.7. The fraction of sp³-hybridized carbons (Fsp3) is 0.440. The van der Waals surface area contributed by atoms with E-state index in [9.17, 15) is 18.0 Å². The van der Waals surface area contributed by atoms with Gasteiger partial charge in [0.1, 0.15) is 24.1 Å². The van der Waals surface area contributed by atoms with Gasteiger partial charge in [0.25, 0.3) is 0 Å². The number of benzene rings is 2. The first-order valence-corrected chi connectivity index (χ1v) is 13.4. The molecule has 2 amide bonds. The Morgan fingerprint density at radius 2 is 1.67 bits per heavy atom. The highest BCUT2D eigenvalue weighted by Crippen LogP contribution is 2.33. The molecule has 0 spiro atoms. The maximum Gasteiger partial charge on any atom is 0.244 e. The zero-order chi connectivity index (χ0) is 27.3. The molecule has 2 rings (SSSR count). The van der Waals surface area contributed by atoms with Crippen molar-refractivity contribution < 1.29 is 27.5 Å². The van der Waals surface area contributed by atoms with Crippen LogP contribution in [0.1, 0.15) is 33.3 Å². The molecule has 0 radical (unpaired) electrons. The summed E-state index contributed by atoms with van der Waals surface area (Å²) in [6.45, 7) is 6.64. The van der Waals surface area contributed by atoms with Gasteiger partial charge in [0.15, 0.2) is 0 Å². The Kier molecular flexibility index (Phi) is 9.62. The summed E-state index contributed by atoms with van der Waals surface area (Å²) in [5.74, 6) is -0.0604. The van der Waals surface area contributed by atoms with E-state index in [4.69, 9.17) is 21.1 Å². The molecule has 36 heavy (non-hydrogen) atoms. The van der Waals surface area contributed by atoms with Gasteiger partial charge in [-0.3, -0.25) is 13.9 Å². The Bertz CT molecular complexity index is 1180. The van der Waals surface area contributed by atoms with Gasteiger partial charge in [-0.1, -0.05) is 23.7 Å². The van der Waals surface area contributed by atoms with Gasteiger partial charge in [-0.25, -0.2) is 8.42 Å². The van der Waals surface area contributed by atoms with Crippen molar-refractivity contribution in [1.82, 2.24) is 10.2 Å². The Labute approximate surface area is 218 Å². The second-order valence-corrected chi connectivity index (χ2v) is 11.7. The van der Waals surface area contributed by atoms with Crippen LogP contribution in [-0.4, -0.2) is 63.7 Å². The van der Waals surface area contributed by atoms with Crippen LogP contribution in [0.5, 0.6) is 11.5 Å². The topological polar surface area (TPSA) is 105 Å². The molecule has 0 bridgehead atoms. The number of carbonyl (C=O) groups is 2. The number of anilines is 1. The van der Waals surface area contributed by atoms with Crippen LogP contribution in [0.2, 0.25) is 5.02 Å². The largest absolute Gasteiger partial charge is 0.497 e. The van der Waals surface area contributed by atoms with E-state index >= 15 is 0 Å². The van der Waals surface area contributed by atoms with Crippen molar-refractivity contribution in [3.8, 4) is 11.5 Å². The highest BCUT2D eigenvalue weighted by molar-refractivity contribution is 7.92. The Hall–Kier alpha value is -2.98. The molecule has 0 saturated heterocycles. The number of halogens is 1. The van der Waals surface area contributed by atoms with Crippen molar-refractivity contribution in [2.45, 2.75) is 45.8 Å². The SMILES string of the molecule is COc1ccc(CN(C(=O)CN(c2cc(Cl)ccc2OC)S(C)(=O)=O)C(C)C(=O)NC(C)(C)C)cc1. The summed E-state index contributed by atoms with van der Waals surface area (Å²) in [4.78, 5) is 28.0. The lowest BCUT2D eigenvalue weighted by molar-refractivity contribution is -0.140. The number of nitrogens with one attached hydrogen (secondary N) is 1. The molecule has 1 N–H and O–H groups in total. The lowest BCUT2D eigenvalue weighted by Gasteiger charge is -2.33. The molecule has 0 aliphatic heterocycles. The molecule has 0 aliphatic rings. The summed E-state index contributed by atoms with van der Waals surface area (Å²) >= 11 is 6.12. The van der Waals surface area contributed by atoms with Gasteiger partial charge in [-0.15, -0.1) is 0 Å². The first-order valence-electron chi connectivity index (χ1n) is 11.2. The summed E-state index contributed by atoms with van der Waals surface area (Å²) in [7, 11) is -0.980. The molecule has 0 aromatic heterocycles. The number of methoxy groups -OCH3 is 2. The highest BCUT2D eigenvalue weighted by atomic mass is 35.5. The molecule has 1 atom stereocenters. The Balaban J connectivity index is 2.47. The molecule has 2 aromatic carbocycles. The maximum atomic E-state index is 13.6. The van der Waals surface area contributed by atoms with Crippen LogP contribution in [0.4, 0.5) is 5.69 Å². The molecule has 0 fully saturated rings. The minimum Gasteiger partial charge on any atom is -0.497 e. The Morgan fingerprint density at radius 1 is 1.06 bits per heavy atom. The van der Waals surface area contributed by atoms with E-state index in [0.717, 1.165) is 16.1 Å². The van der Waals surface area contributed by atoms with Crippen LogP contribution in [-0.2, 0) is 26.2 Å². The number of hydrogen-bond donors (Lipinski definition) is 1. The first kappa shape index (κ1) is 29.3. The number of amides is 2. The van der Waals surface area contributed by atoms with Gasteiger partial charge in [-0.2, -0.15) is 0 Å². The van der Waals surface area contributed by atoms with Crippen LogP contribution in [0.15, 0.2) is 42.5 Å². The minimum absolute atomic E-state index is 0.0752. The smallest absolute Gasteiger partial charge is 0.244 e. The lowest BCUT2D eigenvalue weighted by Crippen LogP contribution is -2.54. The van der Waals surface area contributed by atoms with E-state index in [-0.39, 0.29) is 28.9 Å². The molecular formula is C25H34ClN3O6S. The van der Waals surface area contributed by atoms with Gasteiger partial charge in [0.05, 0.1) is 26.2 Å². The average molecular weight is 540 g/mol. The van der Waals surface area contributed by atoms with E-state index in [1.165, 1.54) is 24.1 Å². The molecule has 198 valence electrons. The number of sulfonamides is 1. The number of nitrogens with zero attached hydrogens (tertiary/aromatic N) is 2. The molecule has 0 heterocycles. The van der Waals surface area contributed by atoms with Gasteiger partial charge in [0.2, 0.25) is 21.8 Å². The van der Waals surface area contributed by atoms with Gasteiger partial charge >= 0.3 is 0 Å². The quantitative estimate of drug-likeness (QED) is 0.496. The van der Waals surface area contributed by atoms with E-state index in [1.807, 2.05) is 20.8 Å². The summed E-state index contributed by atoms with van der Waals surface area (Å²) in [5.41, 5.74) is 0.343. The predicted octanol–water partition coefficient (Wildman–Crippen LogP) is 3.46. The van der Waals surface area contributed by atoms with E-state index in [0.29, 0.717) is 5.75 Å². The molecule has 9 nitrogen and oxygen atoms in total. The maximum absolute atomic E-state index is 13.6. The molecule has 0 saturated carbocycles. The van der Waals surface area contributed by atoms with Crippen LogP contribution in [0.25, 0.3) is 0 Å². The van der Waals surface area contributed by atoms with Crippen LogP contribution in [0.3, 0.4) is 0 Å². The molecular weight excluding hydrogens is 506 g/mol. The van der Waals surface area contributed by atoms with Crippen molar-refractivity contribution in [3.63, 3.8) is 0 Å². The van der Waals surface area contributed by atoms with Crippen LogP contribution >= 0.6 is 11.6 Å². The Morgan fingerprint density at radius 3 is 2.17 bits per heavy atom. The van der Waals surface area contributed by atoms with Crippen LogP contribution < -0.4 is 19.1 Å². The van der Waals surface area contributed by atoms with Crippen molar-refractivity contribution in [2.24, 2.45) is 0 Å². The summed E-state index contributed by atoms with van der Waals surface area (Å²) in [6.07, 6.45) is 0.990. The molecule has 2 aromatic rings. The number of rotatable bonds is 10. The second-order valence-electron chi connectivity index (χ2n) is 9.37. The molecule has 11 heteroatoms. The third-order valence-corrected chi connectivity index (χ3v) is 6.63. The predicted molar refractivity (Wildman–Crippen MR) is 141 cm³/mol. The fourth-order valence-electron chi connectivity index (χ4n) is 3.44. The molecule has 1 unspecified atom stereocenters. The first-order chi connectivity index (χ1) is 16.7. The van der Waals surface area contributed by atoms with Crippen molar-refractivity contribution in [1.29, 1.82) is 0 Å². The van der Waals surface area contributed by atoms with E-state index in [2.05, 4.69) is 5.32 Å². The number of carbonyl (C=O) groups excluding carboxylic acids is 2. The fourth-order valence-corrected chi connectivity index (χ4v) is 4.45. The minimum atomic E-state index is -3.92. The summed E-state index contributed by atoms with van der Waals surface area (Å²) < 4.78 is 36.9. The van der Waals surface area contributed by atoms with Gasteiger partial charge in [0, 0.05) is 17.1 Å². The van der Waals surface area contributed by atoms with Crippen molar-refractivity contribution in [3.05, 3.63) is 53.1 Å². The van der Waals surface area contributed by atoms with E-state index < -0.39 is 34.1 Å². The third-order valence-electron chi connectivity index (χ3n) is 5.27. The third kappa shape index (κ3) is 8.03. The lowest BCUT2D eigenvalue weighted by atomic mass is 10.1. The van der Waals surface area contributed by atoms with E-state index in [1.54, 1.807) is 44.4 Å². The number of hydrogen-bond acceptors (Lipinski definition) is 6. The summed E-state index contributed by atoms with van der Waals surface area (Å²) in [5, 5.41) is 3.15. The van der Waals surface area contributed by atoms with Crippen molar-refractivity contribution in [2.75, 3.05) is 31.3 Å². The zero-order valence-electron chi connectivity index (χ0n) is 21.7. The monoisotopic (exact) mass is 539 g/mol. The second kappa shape index (κ2) is 11.8. The number of ether oxygens (including phenoxy) is 2. The van der Waals surface area contributed by atoms with Gasteiger partial charge in [-0.05, 0) is 63.6 Å².